The van der Waals surface area contributed by atoms with Crippen molar-refractivity contribution in [3.05, 3.63) is 83.2 Å². The maximum absolute atomic E-state index is 13.2. The molecule has 27 heavy (non-hydrogen) atoms. The molecule has 0 fully saturated rings. The maximum atomic E-state index is 13.2. The van der Waals surface area contributed by atoms with Crippen LogP contribution in [-0.2, 0) is 24.4 Å². The minimum atomic E-state index is -0.421. The van der Waals surface area contributed by atoms with E-state index in [0.29, 0.717) is 31.9 Å². The van der Waals surface area contributed by atoms with Crippen LogP contribution in [0.25, 0.3) is 0 Å². The summed E-state index contributed by atoms with van der Waals surface area (Å²) in [6.45, 7) is 3.79. The highest BCUT2D eigenvalue weighted by Gasteiger charge is 2.18. The van der Waals surface area contributed by atoms with Gasteiger partial charge in [-0.2, -0.15) is 5.10 Å². The molecule has 2 heterocycles. The molecule has 0 aliphatic rings. The Kier molecular flexibility index (Phi) is 6.27. The van der Waals surface area contributed by atoms with Crippen molar-refractivity contribution >= 4 is 5.97 Å². The zero-order chi connectivity index (χ0) is 19.1. The molecular formula is C20H21FN4O2. The second kappa shape index (κ2) is 9.05. The molecule has 0 aliphatic heterocycles. The Hall–Kier alpha value is -3.06. The number of ether oxygens (including phenoxy) is 1. The lowest BCUT2D eigenvalue weighted by Gasteiger charge is -2.22. The number of nitrogens with zero attached hydrogens (tertiary/aromatic N) is 3. The molecular weight excluding hydrogens is 347 g/mol. The predicted molar refractivity (Wildman–Crippen MR) is 98.1 cm³/mol. The Balaban J connectivity index is 1.80. The Labute approximate surface area is 157 Å². The van der Waals surface area contributed by atoms with E-state index in [-0.39, 0.29) is 5.82 Å². The fourth-order valence-corrected chi connectivity index (χ4v) is 2.81. The molecule has 0 bridgehead atoms. The van der Waals surface area contributed by atoms with Gasteiger partial charge in [-0.25, -0.2) is 9.18 Å². The van der Waals surface area contributed by atoms with Gasteiger partial charge in [0, 0.05) is 37.6 Å². The average Bonchev–Trinajstić information content (AvgIpc) is 3.13. The predicted octanol–water partition coefficient (Wildman–Crippen LogP) is 3.32. The monoisotopic (exact) mass is 368 g/mol. The number of aromatic nitrogens is 3. The highest BCUT2D eigenvalue weighted by Crippen LogP contribution is 2.16. The lowest BCUT2D eigenvalue weighted by Crippen LogP contribution is -2.23. The molecule has 0 aliphatic carbocycles. The van der Waals surface area contributed by atoms with Crippen LogP contribution in [0.2, 0.25) is 0 Å². The first-order chi connectivity index (χ1) is 13.2. The Bertz CT molecular complexity index is 865. The fourth-order valence-electron chi connectivity index (χ4n) is 2.81. The van der Waals surface area contributed by atoms with Crippen LogP contribution in [0.5, 0.6) is 0 Å². The van der Waals surface area contributed by atoms with Crippen molar-refractivity contribution in [2.24, 2.45) is 0 Å². The third kappa shape index (κ3) is 5.21. The molecule has 0 radical (unpaired) electrons. The number of H-pyrrole nitrogens is 1. The number of nitrogens with one attached hydrogen (secondary N) is 1. The van der Waals surface area contributed by atoms with E-state index in [1.165, 1.54) is 12.1 Å². The lowest BCUT2D eigenvalue weighted by atomic mass is 10.1. The molecule has 6 nitrogen and oxygen atoms in total. The molecule has 1 N–H and O–H groups in total. The van der Waals surface area contributed by atoms with Gasteiger partial charge in [0.2, 0.25) is 0 Å². The van der Waals surface area contributed by atoms with Crippen LogP contribution in [0.15, 0.2) is 55.0 Å². The number of aromatic amines is 1. The van der Waals surface area contributed by atoms with E-state index in [0.717, 1.165) is 16.7 Å². The zero-order valence-electron chi connectivity index (χ0n) is 15.1. The molecule has 0 amide bonds. The molecule has 0 saturated heterocycles. The summed E-state index contributed by atoms with van der Waals surface area (Å²) >= 11 is 0. The molecule has 7 heteroatoms. The van der Waals surface area contributed by atoms with Gasteiger partial charge in [-0.3, -0.25) is 15.0 Å². The van der Waals surface area contributed by atoms with Crippen molar-refractivity contribution < 1.29 is 13.9 Å². The van der Waals surface area contributed by atoms with Crippen LogP contribution in [-0.4, -0.2) is 32.7 Å². The van der Waals surface area contributed by atoms with Crippen LogP contribution in [0.3, 0.4) is 0 Å². The van der Waals surface area contributed by atoms with Crippen molar-refractivity contribution in [1.82, 2.24) is 20.1 Å². The molecule has 140 valence electrons. The summed E-state index contributed by atoms with van der Waals surface area (Å²) in [5.74, 6) is -0.686. The minimum Gasteiger partial charge on any atom is -0.461 e. The summed E-state index contributed by atoms with van der Waals surface area (Å²) < 4.78 is 18.3. The van der Waals surface area contributed by atoms with Crippen molar-refractivity contribution in [2.45, 2.75) is 26.6 Å². The first-order valence-electron chi connectivity index (χ1n) is 8.70. The maximum Gasteiger partial charge on any atom is 0.356 e. The van der Waals surface area contributed by atoms with Gasteiger partial charge in [-0.05, 0) is 42.3 Å². The number of hydrogen-bond acceptors (Lipinski definition) is 5. The van der Waals surface area contributed by atoms with E-state index in [1.54, 1.807) is 37.6 Å². The van der Waals surface area contributed by atoms with Gasteiger partial charge < -0.3 is 4.74 Å². The fraction of sp³-hybridized carbons (Fsp3) is 0.250. The first kappa shape index (κ1) is 18.7. The van der Waals surface area contributed by atoms with Crippen LogP contribution < -0.4 is 0 Å². The van der Waals surface area contributed by atoms with Gasteiger partial charge in [-0.15, -0.1) is 0 Å². The molecule has 2 aromatic heterocycles. The highest BCUT2D eigenvalue weighted by molar-refractivity contribution is 5.88. The van der Waals surface area contributed by atoms with E-state index in [1.807, 2.05) is 12.1 Å². The van der Waals surface area contributed by atoms with Gasteiger partial charge in [0.25, 0.3) is 0 Å². The normalized spacial score (nSPS) is 10.9. The topological polar surface area (TPSA) is 71.1 Å². The summed E-state index contributed by atoms with van der Waals surface area (Å²) in [7, 11) is 0. The van der Waals surface area contributed by atoms with E-state index in [2.05, 4.69) is 20.1 Å². The van der Waals surface area contributed by atoms with Crippen LogP contribution in [0.1, 0.15) is 34.1 Å². The minimum absolute atomic E-state index is 0.265. The van der Waals surface area contributed by atoms with Crippen molar-refractivity contribution in [1.29, 1.82) is 0 Å². The molecule has 3 rings (SSSR count). The SMILES string of the molecule is CCOC(=O)c1[nH]ncc1CN(Cc1ccncc1)Cc1ccc(F)cc1. The molecule has 0 unspecified atom stereocenters. The molecule has 0 saturated carbocycles. The number of carbonyl (C=O) groups is 1. The number of hydrogen-bond donors (Lipinski definition) is 1. The number of carbonyl (C=O) groups excluding carboxylic acids is 1. The van der Waals surface area contributed by atoms with Crippen molar-refractivity contribution in [3.8, 4) is 0 Å². The molecule has 0 atom stereocenters. The third-order valence-corrected chi connectivity index (χ3v) is 4.07. The van der Waals surface area contributed by atoms with E-state index >= 15 is 0 Å². The number of esters is 1. The van der Waals surface area contributed by atoms with Gasteiger partial charge in [0.15, 0.2) is 0 Å². The second-order valence-electron chi connectivity index (χ2n) is 6.12. The summed E-state index contributed by atoms with van der Waals surface area (Å²) in [5.41, 5.74) is 3.18. The number of halogens is 1. The zero-order valence-corrected chi connectivity index (χ0v) is 15.1. The quantitative estimate of drug-likeness (QED) is 0.618. The number of benzene rings is 1. The van der Waals surface area contributed by atoms with Crippen LogP contribution >= 0.6 is 0 Å². The van der Waals surface area contributed by atoms with E-state index < -0.39 is 5.97 Å². The summed E-state index contributed by atoms with van der Waals surface area (Å²) in [4.78, 5) is 18.3. The lowest BCUT2D eigenvalue weighted by molar-refractivity contribution is 0.0516. The van der Waals surface area contributed by atoms with Gasteiger partial charge in [-0.1, -0.05) is 12.1 Å². The third-order valence-electron chi connectivity index (χ3n) is 4.07. The number of rotatable bonds is 8. The molecule has 0 spiro atoms. The average molecular weight is 368 g/mol. The Morgan fingerprint density at radius 2 is 1.74 bits per heavy atom. The summed E-state index contributed by atoms with van der Waals surface area (Å²) in [6, 6.07) is 10.3. The van der Waals surface area contributed by atoms with Crippen molar-refractivity contribution in [2.75, 3.05) is 6.61 Å². The summed E-state index contributed by atoms with van der Waals surface area (Å²) in [6.07, 6.45) is 5.12. The first-order valence-corrected chi connectivity index (χ1v) is 8.70. The van der Waals surface area contributed by atoms with Crippen LogP contribution in [0.4, 0.5) is 4.39 Å². The van der Waals surface area contributed by atoms with E-state index in [4.69, 9.17) is 4.74 Å². The highest BCUT2D eigenvalue weighted by atomic mass is 19.1. The Morgan fingerprint density at radius 3 is 2.41 bits per heavy atom. The largest absolute Gasteiger partial charge is 0.461 e. The molecule has 1 aromatic carbocycles. The second-order valence-corrected chi connectivity index (χ2v) is 6.12. The van der Waals surface area contributed by atoms with Gasteiger partial charge in [0.05, 0.1) is 12.8 Å². The Morgan fingerprint density at radius 1 is 1.07 bits per heavy atom. The van der Waals surface area contributed by atoms with Crippen LogP contribution in [0, 0.1) is 5.82 Å². The van der Waals surface area contributed by atoms with Gasteiger partial charge >= 0.3 is 5.97 Å². The van der Waals surface area contributed by atoms with Gasteiger partial charge in [0.1, 0.15) is 11.5 Å². The summed E-state index contributed by atoms with van der Waals surface area (Å²) in [5, 5.41) is 6.71. The standard InChI is InChI=1S/C20H21FN4O2/c1-2-27-20(26)19-17(11-23-24-19)14-25(13-16-7-9-22-10-8-16)12-15-3-5-18(21)6-4-15/h3-11H,2,12-14H2,1H3,(H,23,24). The van der Waals surface area contributed by atoms with Crippen molar-refractivity contribution in [3.63, 3.8) is 0 Å². The number of pyridine rings is 1. The molecule has 3 aromatic rings. The smallest absolute Gasteiger partial charge is 0.356 e. The van der Waals surface area contributed by atoms with E-state index in [9.17, 15) is 9.18 Å².